The monoisotopic (exact) mass is 425 g/mol. The number of aliphatic hydroxyl groups excluding tert-OH is 1. The van der Waals surface area contributed by atoms with Gasteiger partial charge in [-0.1, -0.05) is 42.5 Å². The molecular formula is C25H31NO5. The topological polar surface area (TPSA) is 68.2 Å². The molecular weight excluding hydrogens is 394 g/mol. The van der Waals surface area contributed by atoms with Crippen molar-refractivity contribution in [2.45, 2.75) is 44.4 Å². The molecule has 6 nitrogen and oxygen atoms in total. The van der Waals surface area contributed by atoms with E-state index in [9.17, 15) is 9.90 Å². The van der Waals surface area contributed by atoms with Gasteiger partial charge in [-0.3, -0.25) is 4.90 Å². The van der Waals surface area contributed by atoms with Crippen molar-refractivity contribution in [2.75, 3.05) is 26.9 Å². The highest BCUT2D eigenvalue weighted by molar-refractivity contribution is 5.70. The number of carbonyl (C=O) groups excluding carboxylic acids is 1. The highest BCUT2D eigenvalue weighted by Gasteiger charge is 2.52. The van der Waals surface area contributed by atoms with Crippen molar-refractivity contribution in [2.24, 2.45) is 5.41 Å². The molecule has 2 aliphatic rings. The Kier molecular flexibility index (Phi) is 6.49. The van der Waals surface area contributed by atoms with E-state index in [-0.39, 0.29) is 18.1 Å². The number of hydrogen-bond acceptors (Lipinski definition) is 5. The Morgan fingerprint density at radius 2 is 1.84 bits per heavy atom. The van der Waals surface area contributed by atoms with Crippen LogP contribution in [-0.2, 0) is 22.6 Å². The summed E-state index contributed by atoms with van der Waals surface area (Å²) in [6.45, 7) is 2.04. The molecule has 6 heteroatoms. The summed E-state index contributed by atoms with van der Waals surface area (Å²) in [5, 5.41) is 10.3. The van der Waals surface area contributed by atoms with Crippen molar-refractivity contribution in [1.82, 2.24) is 4.90 Å². The molecule has 1 spiro atoms. The summed E-state index contributed by atoms with van der Waals surface area (Å²) in [6.07, 6.45) is 2.93. The molecule has 2 aromatic rings. The molecule has 0 aromatic heterocycles. The Labute approximate surface area is 183 Å². The van der Waals surface area contributed by atoms with Gasteiger partial charge in [-0.2, -0.15) is 0 Å². The Bertz CT molecular complexity index is 871. The second-order valence-electron chi connectivity index (χ2n) is 8.92. The van der Waals surface area contributed by atoms with Crippen LogP contribution in [0.1, 0.15) is 36.8 Å². The number of rotatable bonds is 8. The van der Waals surface area contributed by atoms with Crippen LogP contribution in [0.3, 0.4) is 0 Å². The first-order chi connectivity index (χ1) is 15.1. The lowest BCUT2D eigenvalue weighted by Crippen LogP contribution is -2.48. The molecule has 2 aromatic carbocycles. The third kappa shape index (κ3) is 5.02. The highest BCUT2D eigenvalue weighted by Crippen LogP contribution is 2.46. The van der Waals surface area contributed by atoms with Crippen molar-refractivity contribution < 1.29 is 24.1 Å². The molecule has 1 saturated carbocycles. The number of benzene rings is 2. The highest BCUT2D eigenvalue weighted by atomic mass is 16.6. The fraction of sp³-hybridized carbons (Fsp3) is 0.480. The van der Waals surface area contributed by atoms with Crippen molar-refractivity contribution in [3.05, 3.63) is 65.7 Å². The molecule has 31 heavy (non-hydrogen) atoms. The number of methoxy groups -OCH3 is 1. The Balaban J connectivity index is 1.39. The summed E-state index contributed by atoms with van der Waals surface area (Å²) < 4.78 is 17.1. The van der Waals surface area contributed by atoms with Crippen LogP contribution in [0.4, 0.5) is 4.79 Å². The maximum absolute atomic E-state index is 12.7. The molecule has 0 bridgehead atoms. The molecule has 2 unspecified atom stereocenters. The van der Waals surface area contributed by atoms with Gasteiger partial charge in [0.15, 0.2) is 0 Å². The van der Waals surface area contributed by atoms with E-state index >= 15 is 0 Å². The maximum Gasteiger partial charge on any atom is 0.410 e. The van der Waals surface area contributed by atoms with Crippen molar-refractivity contribution >= 4 is 6.09 Å². The van der Waals surface area contributed by atoms with Crippen LogP contribution < -0.4 is 4.74 Å². The Hall–Kier alpha value is -2.57. The largest absolute Gasteiger partial charge is 0.497 e. The fourth-order valence-electron chi connectivity index (χ4n) is 4.90. The number of amides is 1. The van der Waals surface area contributed by atoms with Gasteiger partial charge in [0.1, 0.15) is 11.4 Å². The third-order valence-corrected chi connectivity index (χ3v) is 6.47. The lowest BCUT2D eigenvalue weighted by atomic mass is 9.68. The van der Waals surface area contributed by atoms with Crippen LogP contribution in [0.2, 0.25) is 0 Å². The zero-order chi connectivity index (χ0) is 21.7. The van der Waals surface area contributed by atoms with Gasteiger partial charge in [-0.05, 0) is 48.9 Å². The number of hydrogen-bond donors (Lipinski definition) is 1. The summed E-state index contributed by atoms with van der Waals surface area (Å²) in [5.41, 5.74) is 1.20. The average Bonchev–Trinajstić information content (AvgIpc) is 3.08. The van der Waals surface area contributed by atoms with Crippen molar-refractivity contribution in [3.8, 4) is 5.75 Å². The first-order valence-corrected chi connectivity index (χ1v) is 10.9. The second-order valence-corrected chi connectivity index (χ2v) is 8.92. The first-order valence-electron chi connectivity index (χ1n) is 10.9. The van der Waals surface area contributed by atoms with Crippen LogP contribution in [0, 0.1) is 5.41 Å². The molecule has 166 valence electrons. The summed E-state index contributed by atoms with van der Waals surface area (Å²) in [7, 11) is 1.64. The average molecular weight is 426 g/mol. The van der Waals surface area contributed by atoms with Crippen LogP contribution in [0.5, 0.6) is 5.75 Å². The van der Waals surface area contributed by atoms with Crippen LogP contribution in [0.25, 0.3) is 0 Å². The molecule has 1 aliphatic carbocycles. The fourth-order valence-corrected chi connectivity index (χ4v) is 4.90. The molecule has 0 radical (unpaired) electrons. The summed E-state index contributed by atoms with van der Waals surface area (Å²) in [6, 6.07) is 17.8. The molecule has 1 heterocycles. The quantitative estimate of drug-likeness (QED) is 0.688. The van der Waals surface area contributed by atoms with Gasteiger partial charge in [-0.15, -0.1) is 0 Å². The molecule has 1 amide bonds. The van der Waals surface area contributed by atoms with Gasteiger partial charge in [0, 0.05) is 12.0 Å². The normalized spacial score (nSPS) is 25.6. The van der Waals surface area contributed by atoms with E-state index in [2.05, 4.69) is 0 Å². The standard InChI is InChI=1S/C25H31NO5/c1-29-22-10-8-20(9-11-22)14-26-17-25(31-23(26)28)13-5-12-24(16-25,18-27)19-30-15-21-6-3-2-4-7-21/h2-4,6-11,27H,5,12-19H2,1H3. The van der Waals surface area contributed by atoms with Crippen molar-refractivity contribution in [3.63, 3.8) is 0 Å². The predicted octanol–water partition coefficient (Wildman–Crippen LogP) is 4.16. The summed E-state index contributed by atoms with van der Waals surface area (Å²) in [4.78, 5) is 14.4. The van der Waals surface area contributed by atoms with Gasteiger partial charge < -0.3 is 19.3 Å². The number of aliphatic hydroxyl groups is 1. The SMILES string of the molecule is COc1ccc(CN2CC3(CCCC(CO)(COCc4ccccc4)C3)OC2=O)cc1. The van der Waals surface area contributed by atoms with Gasteiger partial charge in [0.2, 0.25) is 0 Å². The molecule has 1 saturated heterocycles. The van der Waals surface area contributed by atoms with Crippen molar-refractivity contribution in [1.29, 1.82) is 0 Å². The summed E-state index contributed by atoms with van der Waals surface area (Å²) >= 11 is 0. The van der Waals surface area contributed by atoms with E-state index in [4.69, 9.17) is 14.2 Å². The second kappa shape index (κ2) is 9.28. The van der Waals surface area contributed by atoms with E-state index in [1.165, 1.54) is 0 Å². The Morgan fingerprint density at radius 1 is 1.06 bits per heavy atom. The van der Waals surface area contributed by atoms with E-state index in [1.807, 2.05) is 54.6 Å². The van der Waals surface area contributed by atoms with Crippen LogP contribution in [0.15, 0.2) is 54.6 Å². The third-order valence-electron chi connectivity index (χ3n) is 6.47. The lowest BCUT2D eigenvalue weighted by molar-refractivity contribution is -0.0871. The smallest absolute Gasteiger partial charge is 0.410 e. The van der Waals surface area contributed by atoms with Crippen LogP contribution in [-0.4, -0.2) is 48.6 Å². The van der Waals surface area contributed by atoms with E-state index < -0.39 is 5.60 Å². The molecule has 1 N–H and O–H groups in total. The maximum atomic E-state index is 12.7. The molecule has 2 fully saturated rings. The first kappa shape index (κ1) is 21.7. The zero-order valence-corrected chi connectivity index (χ0v) is 18.1. The van der Waals surface area contributed by atoms with E-state index in [1.54, 1.807) is 12.0 Å². The number of carbonyl (C=O) groups is 1. The minimum absolute atomic E-state index is 0.0274. The lowest BCUT2D eigenvalue weighted by Gasteiger charge is -2.43. The zero-order valence-electron chi connectivity index (χ0n) is 18.1. The molecule has 2 atom stereocenters. The minimum atomic E-state index is -0.555. The van der Waals surface area contributed by atoms with Gasteiger partial charge >= 0.3 is 6.09 Å². The van der Waals surface area contributed by atoms with Gasteiger partial charge in [0.05, 0.1) is 33.5 Å². The van der Waals surface area contributed by atoms with Crippen LogP contribution >= 0.6 is 0 Å². The van der Waals surface area contributed by atoms with E-state index in [0.717, 1.165) is 36.1 Å². The molecule has 1 aliphatic heterocycles. The van der Waals surface area contributed by atoms with E-state index in [0.29, 0.717) is 32.7 Å². The van der Waals surface area contributed by atoms with Gasteiger partial charge in [0.25, 0.3) is 0 Å². The number of ether oxygens (including phenoxy) is 3. The summed E-state index contributed by atoms with van der Waals surface area (Å²) in [5.74, 6) is 0.791. The van der Waals surface area contributed by atoms with Gasteiger partial charge in [-0.25, -0.2) is 4.79 Å². The number of nitrogens with zero attached hydrogens (tertiary/aromatic N) is 1. The predicted molar refractivity (Wildman–Crippen MR) is 117 cm³/mol. The Morgan fingerprint density at radius 3 is 2.55 bits per heavy atom. The minimum Gasteiger partial charge on any atom is -0.497 e. The molecule has 4 rings (SSSR count).